The first kappa shape index (κ1) is 23.0. The van der Waals surface area contributed by atoms with Crippen molar-refractivity contribution < 1.29 is 14.2 Å². The number of aromatic amines is 1. The Hall–Kier alpha value is -5.39. The van der Waals surface area contributed by atoms with E-state index in [1.165, 1.54) is 6.33 Å². The normalized spacial score (nSPS) is 11.0. The van der Waals surface area contributed by atoms with Crippen molar-refractivity contribution in [3.05, 3.63) is 67.1 Å². The van der Waals surface area contributed by atoms with E-state index in [0.717, 1.165) is 27.6 Å². The smallest absolute Gasteiger partial charge is 0.241 e. The maximum Gasteiger partial charge on any atom is 0.241 e. The van der Waals surface area contributed by atoms with Gasteiger partial charge in [0.05, 0.1) is 44.1 Å². The van der Waals surface area contributed by atoms with Crippen LogP contribution in [0.5, 0.6) is 17.2 Å². The van der Waals surface area contributed by atoms with Gasteiger partial charge >= 0.3 is 0 Å². The molecule has 12 nitrogen and oxygen atoms in total. The number of aromatic nitrogens is 7. The van der Waals surface area contributed by atoms with Crippen molar-refractivity contribution in [2.75, 3.05) is 32.0 Å². The van der Waals surface area contributed by atoms with Gasteiger partial charge in [-0.2, -0.15) is 10.1 Å². The Bertz CT molecular complexity index is 1740. The average Bonchev–Trinajstić information content (AvgIpc) is 3.56. The van der Waals surface area contributed by atoms with Crippen molar-refractivity contribution in [2.24, 2.45) is 0 Å². The Labute approximate surface area is 216 Å². The van der Waals surface area contributed by atoms with E-state index in [2.05, 4.69) is 35.8 Å². The molecule has 0 aliphatic carbocycles. The second kappa shape index (κ2) is 9.58. The molecule has 6 aromatic rings. The van der Waals surface area contributed by atoms with Gasteiger partial charge in [0, 0.05) is 28.9 Å². The number of hydrogen-bond donors (Lipinski definition) is 3. The molecule has 0 atom stereocenters. The molecule has 0 saturated heterocycles. The summed E-state index contributed by atoms with van der Waals surface area (Å²) in [5.74, 6) is 2.76. The Morgan fingerprint density at radius 3 is 2.42 bits per heavy atom. The molecule has 0 unspecified atom stereocenters. The summed E-state index contributed by atoms with van der Waals surface area (Å²) in [4.78, 5) is 18.2. The molecule has 3 aromatic carbocycles. The summed E-state index contributed by atoms with van der Waals surface area (Å²) in [5, 5.41) is 14.7. The molecule has 0 amide bonds. The molecule has 0 aliphatic rings. The molecule has 0 spiro atoms. The number of nitrogens with zero attached hydrogens (tertiary/aromatic N) is 6. The van der Waals surface area contributed by atoms with Crippen LogP contribution in [0.3, 0.4) is 0 Å². The number of methoxy groups -OCH3 is 3. The Morgan fingerprint density at radius 2 is 1.63 bits per heavy atom. The lowest BCUT2D eigenvalue weighted by Crippen LogP contribution is -2.08. The highest BCUT2D eigenvalue weighted by atomic mass is 16.5. The van der Waals surface area contributed by atoms with Gasteiger partial charge in [0.25, 0.3) is 0 Å². The van der Waals surface area contributed by atoms with E-state index in [-0.39, 0.29) is 0 Å². The molecule has 0 fully saturated rings. The number of nitrogens with one attached hydrogen (secondary N) is 3. The van der Waals surface area contributed by atoms with Crippen molar-refractivity contribution in [3.8, 4) is 23.2 Å². The number of H-pyrrole nitrogens is 1. The number of fused-ring (bicyclic) bond motifs is 2. The summed E-state index contributed by atoms with van der Waals surface area (Å²) in [6.45, 7) is 0. The standard InChI is InChI=1S/C26H23N9O3/c1-36-21-11-17(12-22(37-2)23(21)38-3)30-24-27-14-28-25(33-24)35-20-7-5-4-6-18(20)32-26(35)31-16-9-8-15-13-29-34-19(15)10-16/h4-14H,1-3H3,(H,29,34)(H,31,32)(H,27,28,30,33). The van der Waals surface area contributed by atoms with Gasteiger partial charge < -0.3 is 24.8 Å². The molecule has 6 rings (SSSR count). The number of benzene rings is 3. The molecule has 0 saturated carbocycles. The first-order chi connectivity index (χ1) is 18.7. The highest BCUT2D eigenvalue weighted by Crippen LogP contribution is 2.40. The van der Waals surface area contributed by atoms with Gasteiger partial charge in [0.15, 0.2) is 11.5 Å². The van der Waals surface area contributed by atoms with Crippen LogP contribution in [0.2, 0.25) is 0 Å². The maximum absolute atomic E-state index is 5.46. The predicted octanol–water partition coefficient (Wildman–Crippen LogP) is 4.60. The van der Waals surface area contributed by atoms with Gasteiger partial charge in [-0.25, -0.2) is 19.5 Å². The van der Waals surface area contributed by atoms with Gasteiger partial charge in [-0.1, -0.05) is 12.1 Å². The molecule has 0 radical (unpaired) electrons. The minimum absolute atomic E-state index is 0.326. The molecule has 3 N–H and O–H groups in total. The molecule has 3 heterocycles. The van der Waals surface area contributed by atoms with Crippen LogP contribution < -0.4 is 24.8 Å². The van der Waals surface area contributed by atoms with Crippen molar-refractivity contribution in [2.45, 2.75) is 0 Å². The molecule has 3 aromatic heterocycles. The zero-order valence-corrected chi connectivity index (χ0v) is 20.8. The summed E-state index contributed by atoms with van der Waals surface area (Å²) in [6.07, 6.45) is 3.22. The van der Waals surface area contributed by atoms with E-state index in [9.17, 15) is 0 Å². The van der Waals surface area contributed by atoms with E-state index >= 15 is 0 Å². The van der Waals surface area contributed by atoms with Crippen LogP contribution in [0.15, 0.2) is 67.1 Å². The number of rotatable bonds is 8. The number of para-hydroxylation sites is 2. The SMILES string of the molecule is COc1cc(Nc2ncnc(-n3c(Nc4ccc5cn[nH]c5c4)nc4ccccc43)n2)cc(OC)c1OC. The van der Waals surface area contributed by atoms with E-state index in [1.807, 2.05) is 47.0 Å². The minimum atomic E-state index is 0.326. The average molecular weight is 510 g/mol. The highest BCUT2D eigenvalue weighted by Gasteiger charge is 2.17. The van der Waals surface area contributed by atoms with Crippen molar-refractivity contribution in [3.63, 3.8) is 0 Å². The third-order valence-corrected chi connectivity index (χ3v) is 5.94. The zero-order chi connectivity index (χ0) is 26.1. The molecule has 12 heteroatoms. The van der Waals surface area contributed by atoms with Crippen molar-refractivity contribution >= 4 is 45.2 Å². The van der Waals surface area contributed by atoms with Crippen molar-refractivity contribution in [1.29, 1.82) is 0 Å². The third kappa shape index (κ3) is 4.13. The van der Waals surface area contributed by atoms with Gasteiger partial charge in [-0.3, -0.25) is 5.10 Å². The second-order valence-corrected chi connectivity index (χ2v) is 8.20. The topological polar surface area (TPSA) is 137 Å². The van der Waals surface area contributed by atoms with Crippen LogP contribution in [0, 0.1) is 0 Å². The van der Waals surface area contributed by atoms with Crippen LogP contribution in [0.1, 0.15) is 0 Å². The molecule has 0 bridgehead atoms. The van der Waals surface area contributed by atoms with Crippen LogP contribution in [-0.4, -0.2) is 56.0 Å². The molecular weight excluding hydrogens is 486 g/mol. The fourth-order valence-corrected chi connectivity index (χ4v) is 4.19. The zero-order valence-electron chi connectivity index (χ0n) is 20.8. The van der Waals surface area contributed by atoms with E-state index in [4.69, 9.17) is 19.2 Å². The van der Waals surface area contributed by atoms with Crippen LogP contribution in [-0.2, 0) is 0 Å². The lowest BCUT2D eigenvalue weighted by molar-refractivity contribution is 0.324. The summed E-state index contributed by atoms with van der Waals surface area (Å²) in [6, 6.07) is 17.2. The van der Waals surface area contributed by atoms with Crippen molar-refractivity contribution in [1.82, 2.24) is 34.7 Å². The predicted molar refractivity (Wildman–Crippen MR) is 143 cm³/mol. The van der Waals surface area contributed by atoms with E-state index < -0.39 is 0 Å². The fraction of sp³-hybridized carbons (Fsp3) is 0.115. The number of ether oxygens (including phenoxy) is 3. The fourth-order valence-electron chi connectivity index (χ4n) is 4.19. The summed E-state index contributed by atoms with van der Waals surface area (Å²) in [7, 11) is 4.68. The van der Waals surface area contributed by atoms with Crippen LogP contribution in [0.4, 0.5) is 23.3 Å². The lowest BCUT2D eigenvalue weighted by Gasteiger charge is -2.15. The molecule has 38 heavy (non-hydrogen) atoms. The quantitative estimate of drug-likeness (QED) is 0.267. The Kier molecular flexibility index (Phi) is 5.81. The summed E-state index contributed by atoms with van der Waals surface area (Å²) in [5.41, 5.74) is 4.02. The number of anilines is 4. The number of hydrogen-bond acceptors (Lipinski definition) is 10. The van der Waals surface area contributed by atoms with E-state index in [1.54, 1.807) is 39.7 Å². The first-order valence-electron chi connectivity index (χ1n) is 11.6. The molecule has 190 valence electrons. The lowest BCUT2D eigenvalue weighted by atomic mass is 10.2. The minimum Gasteiger partial charge on any atom is -0.493 e. The van der Waals surface area contributed by atoms with E-state index in [0.29, 0.717) is 40.8 Å². The van der Waals surface area contributed by atoms with Crippen LogP contribution in [0.25, 0.3) is 27.9 Å². The highest BCUT2D eigenvalue weighted by molar-refractivity contribution is 5.85. The Morgan fingerprint density at radius 1 is 0.816 bits per heavy atom. The van der Waals surface area contributed by atoms with Gasteiger partial charge in [0.1, 0.15) is 6.33 Å². The molecule has 0 aliphatic heterocycles. The summed E-state index contributed by atoms with van der Waals surface area (Å²) < 4.78 is 18.2. The first-order valence-corrected chi connectivity index (χ1v) is 11.6. The van der Waals surface area contributed by atoms with Gasteiger partial charge in [-0.15, -0.1) is 0 Å². The molecular formula is C26H23N9O3. The third-order valence-electron chi connectivity index (χ3n) is 5.94. The monoisotopic (exact) mass is 509 g/mol. The van der Waals surface area contributed by atoms with Gasteiger partial charge in [-0.05, 0) is 30.3 Å². The second-order valence-electron chi connectivity index (χ2n) is 8.20. The maximum atomic E-state index is 5.46. The largest absolute Gasteiger partial charge is 0.493 e. The summed E-state index contributed by atoms with van der Waals surface area (Å²) >= 11 is 0. The van der Waals surface area contributed by atoms with Crippen LogP contribution >= 0.6 is 0 Å². The number of imidazole rings is 1. The Balaban J connectivity index is 1.39. The van der Waals surface area contributed by atoms with Gasteiger partial charge in [0.2, 0.25) is 23.6 Å².